The number of methoxy groups -OCH3 is 1. The van der Waals surface area contributed by atoms with Crippen LogP contribution in [0.1, 0.15) is 53.6 Å². The quantitative estimate of drug-likeness (QED) is 0.283. The molecule has 186 valence electrons. The number of hydrogen-bond donors (Lipinski definition) is 1. The molecular formula is C30H32N2O3S. The molecule has 0 radical (unpaired) electrons. The van der Waals surface area contributed by atoms with Crippen molar-refractivity contribution in [2.45, 2.75) is 40.0 Å². The summed E-state index contributed by atoms with van der Waals surface area (Å²) in [5.41, 5.74) is 3.65. The first-order chi connectivity index (χ1) is 17.3. The number of fused-ring (bicyclic) bond motifs is 1. The van der Waals surface area contributed by atoms with E-state index in [9.17, 15) is 4.79 Å². The summed E-state index contributed by atoms with van der Waals surface area (Å²) < 4.78 is 11.0. The Morgan fingerprint density at radius 1 is 1.22 bits per heavy atom. The predicted molar refractivity (Wildman–Crippen MR) is 148 cm³/mol. The predicted octanol–water partition coefficient (Wildman–Crippen LogP) is 6.92. The Morgan fingerprint density at radius 3 is 2.69 bits per heavy atom. The van der Waals surface area contributed by atoms with Crippen LogP contribution in [0.5, 0.6) is 11.5 Å². The maximum Gasteiger partial charge on any atom is 0.259 e. The minimum absolute atomic E-state index is 0.115. The van der Waals surface area contributed by atoms with E-state index in [0.29, 0.717) is 23.0 Å². The molecule has 36 heavy (non-hydrogen) atoms. The van der Waals surface area contributed by atoms with Gasteiger partial charge in [-0.1, -0.05) is 44.9 Å². The molecular weight excluding hydrogens is 468 g/mol. The van der Waals surface area contributed by atoms with Gasteiger partial charge < -0.3 is 14.8 Å². The highest BCUT2D eigenvalue weighted by atomic mass is 32.1. The van der Waals surface area contributed by atoms with E-state index in [2.05, 4.69) is 32.0 Å². The van der Waals surface area contributed by atoms with Crippen LogP contribution in [0.4, 0.5) is 10.7 Å². The number of para-hydroxylation sites is 1. The maximum atomic E-state index is 13.5. The Bertz CT molecular complexity index is 1300. The first-order valence-corrected chi connectivity index (χ1v) is 12.9. The van der Waals surface area contributed by atoms with Crippen LogP contribution in [0.2, 0.25) is 0 Å². The van der Waals surface area contributed by atoms with Gasteiger partial charge in [-0.3, -0.25) is 4.79 Å². The van der Waals surface area contributed by atoms with Crippen LogP contribution in [0, 0.1) is 23.7 Å². The lowest BCUT2D eigenvalue weighted by Gasteiger charge is -2.33. The van der Waals surface area contributed by atoms with Crippen molar-refractivity contribution in [2.75, 3.05) is 19.0 Å². The van der Waals surface area contributed by atoms with Crippen LogP contribution in [0.15, 0.2) is 53.5 Å². The fourth-order valence-electron chi connectivity index (χ4n) is 4.49. The number of carbonyl (C=O) groups is 1. The summed E-state index contributed by atoms with van der Waals surface area (Å²) in [7, 11) is 1.59. The van der Waals surface area contributed by atoms with E-state index in [-0.39, 0.29) is 17.9 Å². The number of nitrogens with one attached hydrogen (secondary N) is 1. The molecule has 1 amide bonds. The molecule has 1 aromatic heterocycles. The summed E-state index contributed by atoms with van der Waals surface area (Å²) in [4.78, 5) is 19.5. The molecule has 5 nitrogen and oxygen atoms in total. The Kier molecular flexibility index (Phi) is 7.81. The summed E-state index contributed by atoms with van der Waals surface area (Å²) in [5, 5.41) is 3.79. The summed E-state index contributed by atoms with van der Waals surface area (Å²) in [6.07, 6.45) is 10.00. The molecule has 1 heterocycles. The standard InChI is InChI=1S/C30H32N2O3S/c1-6-16-35-24-15-12-20(17-25(24)34-5)19-31-29-27(28(33)32-22-10-8-7-9-11-22)23-14-13-21(30(2,3)4)18-26(23)36-29/h1,7-12,15,17,19,21H,13-14,16,18H2,2-5H3,(H,32,33)/t21-/m0/s1. The molecule has 1 N–H and O–H groups in total. The van der Waals surface area contributed by atoms with Crippen molar-refractivity contribution in [3.8, 4) is 23.8 Å². The minimum atomic E-state index is -0.115. The number of terminal acetylenes is 1. The van der Waals surface area contributed by atoms with Gasteiger partial charge in [0.05, 0.1) is 12.7 Å². The van der Waals surface area contributed by atoms with Gasteiger partial charge in [0, 0.05) is 16.8 Å². The number of hydrogen-bond acceptors (Lipinski definition) is 5. The molecule has 0 bridgehead atoms. The van der Waals surface area contributed by atoms with E-state index in [1.54, 1.807) is 24.7 Å². The van der Waals surface area contributed by atoms with Crippen molar-refractivity contribution < 1.29 is 14.3 Å². The molecule has 1 aliphatic carbocycles. The van der Waals surface area contributed by atoms with E-state index in [1.807, 2.05) is 48.5 Å². The lowest BCUT2D eigenvalue weighted by molar-refractivity contribution is 0.102. The Hall–Kier alpha value is -3.56. The SMILES string of the molecule is C#CCOc1ccc(C=Nc2sc3c(c2C(=O)Nc2ccccc2)CC[C@H](C(C)(C)C)C3)cc1OC. The third kappa shape index (κ3) is 5.80. The summed E-state index contributed by atoms with van der Waals surface area (Å²) in [6, 6.07) is 15.1. The molecule has 4 rings (SSSR count). The Labute approximate surface area is 217 Å². The molecule has 0 saturated carbocycles. The smallest absolute Gasteiger partial charge is 0.259 e. The number of ether oxygens (including phenoxy) is 2. The second-order valence-electron chi connectivity index (χ2n) is 9.97. The Balaban J connectivity index is 1.68. The summed E-state index contributed by atoms with van der Waals surface area (Å²) in [6.45, 7) is 7.05. The molecule has 2 aromatic carbocycles. The highest BCUT2D eigenvalue weighted by molar-refractivity contribution is 7.16. The third-order valence-electron chi connectivity index (χ3n) is 6.56. The van der Waals surface area contributed by atoms with Crippen LogP contribution >= 0.6 is 11.3 Å². The second kappa shape index (κ2) is 11.0. The number of benzene rings is 2. The number of carbonyl (C=O) groups excluding carboxylic acids is 1. The van der Waals surface area contributed by atoms with Crippen molar-refractivity contribution in [2.24, 2.45) is 16.3 Å². The maximum absolute atomic E-state index is 13.5. The molecule has 6 heteroatoms. The zero-order chi connectivity index (χ0) is 25.7. The van der Waals surface area contributed by atoms with Gasteiger partial charge in [-0.05, 0) is 72.1 Å². The van der Waals surface area contributed by atoms with Gasteiger partial charge in [0.2, 0.25) is 0 Å². The monoisotopic (exact) mass is 500 g/mol. The van der Waals surface area contributed by atoms with Crippen LogP contribution in [-0.4, -0.2) is 25.8 Å². The zero-order valence-corrected chi connectivity index (χ0v) is 22.1. The van der Waals surface area contributed by atoms with E-state index in [4.69, 9.17) is 20.9 Å². The first kappa shape index (κ1) is 25.5. The average molecular weight is 501 g/mol. The molecule has 0 aliphatic heterocycles. The van der Waals surface area contributed by atoms with Gasteiger partial charge in [-0.2, -0.15) is 0 Å². The fourth-order valence-corrected chi connectivity index (χ4v) is 5.76. The van der Waals surface area contributed by atoms with Crippen molar-refractivity contribution >= 4 is 34.1 Å². The fraction of sp³-hybridized carbons (Fsp3) is 0.333. The topological polar surface area (TPSA) is 59.9 Å². The largest absolute Gasteiger partial charge is 0.493 e. The lowest BCUT2D eigenvalue weighted by Crippen LogP contribution is -2.27. The Morgan fingerprint density at radius 2 is 2.00 bits per heavy atom. The average Bonchev–Trinajstić information content (AvgIpc) is 3.24. The van der Waals surface area contributed by atoms with Crippen LogP contribution in [-0.2, 0) is 12.8 Å². The number of anilines is 1. The number of amides is 1. The summed E-state index contributed by atoms with van der Waals surface area (Å²) in [5.74, 6) is 4.07. The number of rotatable bonds is 7. The van der Waals surface area contributed by atoms with Gasteiger partial charge in [-0.25, -0.2) is 4.99 Å². The first-order valence-electron chi connectivity index (χ1n) is 12.1. The number of nitrogens with zero attached hydrogens (tertiary/aromatic N) is 1. The molecule has 0 fully saturated rings. The van der Waals surface area contributed by atoms with Gasteiger partial charge in [0.1, 0.15) is 11.6 Å². The number of aliphatic imine (C=N–C) groups is 1. The molecule has 1 aliphatic rings. The van der Waals surface area contributed by atoms with Gasteiger partial charge in [-0.15, -0.1) is 17.8 Å². The highest BCUT2D eigenvalue weighted by Gasteiger charge is 2.33. The second-order valence-corrected chi connectivity index (χ2v) is 11.1. The van der Waals surface area contributed by atoms with Gasteiger partial charge >= 0.3 is 0 Å². The number of thiophene rings is 1. The van der Waals surface area contributed by atoms with Crippen molar-refractivity contribution in [3.05, 3.63) is 70.1 Å². The van der Waals surface area contributed by atoms with Crippen LogP contribution in [0.3, 0.4) is 0 Å². The van der Waals surface area contributed by atoms with Crippen molar-refractivity contribution in [1.29, 1.82) is 0 Å². The van der Waals surface area contributed by atoms with Crippen LogP contribution < -0.4 is 14.8 Å². The molecule has 0 saturated heterocycles. The normalized spacial score (nSPS) is 15.2. The van der Waals surface area contributed by atoms with E-state index < -0.39 is 0 Å². The van der Waals surface area contributed by atoms with Crippen molar-refractivity contribution in [1.82, 2.24) is 0 Å². The molecule has 1 atom stereocenters. The third-order valence-corrected chi connectivity index (χ3v) is 7.72. The van der Waals surface area contributed by atoms with Crippen molar-refractivity contribution in [3.63, 3.8) is 0 Å². The lowest BCUT2D eigenvalue weighted by atomic mass is 9.72. The minimum Gasteiger partial charge on any atom is -0.493 e. The van der Waals surface area contributed by atoms with Crippen LogP contribution in [0.25, 0.3) is 0 Å². The van der Waals surface area contributed by atoms with E-state index in [1.165, 1.54) is 4.88 Å². The molecule has 3 aromatic rings. The van der Waals surface area contributed by atoms with E-state index in [0.717, 1.165) is 41.1 Å². The molecule has 0 unspecified atom stereocenters. The molecule has 0 spiro atoms. The highest BCUT2D eigenvalue weighted by Crippen LogP contribution is 2.45. The zero-order valence-electron chi connectivity index (χ0n) is 21.3. The van der Waals surface area contributed by atoms with Gasteiger partial charge in [0.15, 0.2) is 11.5 Å². The van der Waals surface area contributed by atoms with Gasteiger partial charge in [0.25, 0.3) is 5.91 Å². The summed E-state index contributed by atoms with van der Waals surface area (Å²) >= 11 is 1.63. The van der Waals surface area contributed by atoms with E-state index >= 15 is 0 Å².